The van der Waals surface area contributed by atoms with E-state index in [0.717, 1.165) is 12.8 Å². The molecule has 7 rings (SSSR count). The van der Waals surface area contributed by atoms with Crippen LogP contribution in [0.5, 0.6) is 5.75 Å². The van der Waals surface area contributed by atoms with Crippen molar-refractivity contribution in [1.29, 1.82) is 0 Å². The SMILES string of the molecule is CC1(C)COC(=O)N[C@H]2CCCCC/C=C\[C@@H]3CC3(C(=O)NS(=O)(=O)C3CC3)NC(=O)[C@@H]3C[C@H](CN3C2=O)NC(=O)c2cccc(n2)-c2cccc(c2)OC1. The van der Waals surface area contributed by atoms with Gasteiger partial charge in [-0.2, -0.15) is 0 Å². The van der Waals surface area contributed by atoms with Crippen molar-refractivity contribution in [2.24, 2.45) is 11.3 Å². The number of rotatable bonds is 3. The van der Waals surface area contributed by atoms with E-state index in [2.05, 4.69) is 25.7 Å². The molecule has 4 N–H and O–H groups in total. The van der Waals surface area contributed by atoms with Gasteiger partial charge in [-0.05, 0) is 69.2 Å². The number of pyridine rings is 1. The average molecular weight is 777 g/mol. The fourth-order valence-electron chi connectivity index (χ4n) is 7.40. The van der Waals surface area contributed by atoms with Crippen molar-refractivity contribution in [1.82, 2.24) is 30.6 Å². The third-order valence-corrected chi connectivity index (χ3v) is 12.7. The van der Waals surface area contributed by atoms with E-state index in [-0.39, 0.29) is 44.7 Å². The van der Waals surface area contributed by atoms with Gasteiger partial charge in [-0.3, -0.25) is 23.9 Å². The van der Waals surface area contributed by atoms with Crippen molar-refractivity contribution in [3.63, 3.8) is 0 Å². The van der Waals surface area contributed by atoms with Crippen LogP contribution in [0.15, 0.2) is 54.6 Å². The summed E-state index contributed by atoms with van der Waals surface area (Å²) in [5.41, 5.74) is -0.776. The first-order valence-corrected chi connectivity index (χ1v) is 20.6. The van der Waals surface area contributed by atoms with Gasteiger partial charge in [0.15, 0.2) is 0 Å². The third-order valence-electron chi connectivity index (χ3n) is 10.8. The molecule has 5 atom stereocenters. The van der Waals surface area contributed by atoms with Crippen molar-refractivity contribution in [2.45, 2.75) is 101 Å². The second-order valence-corrected chi connectivity index (χ2v) is 18.0. The van der Waals surface area contributed by atoms with E-state index in [9.17, 15) is 32.4 Å². The van der Waals surface area contributed by atoms with Crippen LogP contribution >= 0.6 is 0 Å². The minimum absolute atomic E-state index is 0.00762. The van der Waals surface area contributed by atoms with Crippen molar-refractivity contribution >= 4 is 39.7 Å². The number of hydrogen-bond acceptors (Lipinski definition) is 10. The number of carbonyl (C=O) groups excluding carboxylic acids is 5. The molecule has 55 heavy (non-hydrogen) atoms. The second-order valence-electron chi connectivity index (χ2n) is 16.1. The molecule has 1 aromatic heterocycles. The van der Waals surface area contributed by atoms with Crippen LogP contribution in [-0.4, -0.2) is 96.7 Å². The highest BCUT2D eigenvalue weighted by molar-refractivity contribution is 7.91. The highest BCUT2D eigenvalue weighted by Crippen LogP contribution is 2.46. The summed E-state index contributed by atoms with van der Waals surface area (Å²) >= 11 is 0. The molecule has 4 heterocycles. The molecule has 7 bridgehead atoms. The summed E-state index contributed by atoms with van der Waals surface area (Å²) in [5, 5.41) is 7.87. The molecule has 2 aliphatic carbocycles. The number of fused-ring (bicyclic) bond motifs is 8. The van der Waals surface area contributed by atoms with Crippen LogP contribution in [-0.2, 0) is 29.1 Å². The lowest BCUT2D eigenvalue weighted by Crippen LogP contribution is -2.58. The molecule has 3 fully saturated rings. The van der Waals surface area contributed by atoms with Gasteiger partial charge in [0, 0.05) is 29.5 Å². The Morgan fingerprint density at radius 1 is 0.945 bits per heavy atom. The number of allylic oxidation sites excluding steroid dienone is 1. The lowest BCUT2D eigenvalue weighted by Gasteiger charge is -2.30. The molecule has 0 radical (unpaired) electrons. The zero-order valence-corrected chi connectivity index (χ0v) is 31.9. The largest absolute Gasteiger partial charge is 0.493 e. The van der Waals surface area contributed by atoms with E-state index < -0.39 is 80.0 Å². The van der Waals surface area contributed by atoms with Crippen molar-refractivity contribution in [3.05, 3.63) is 60.3 Å². The lowest BCUT2D eigenvalue weighted by molar-refractivity contribution is -0.141. The van der Waals surface area contributed by atoms with Gasteiger partial charge in [0.2, 0.25) is 21.8 Å². The van der Waals surface area contributed by atoms with Crippen molar-refractivity contribution in [3.8, 4) is 17.0 Å². The number of sulfonamides is 1. The van der Waals surface area contributed by atoms with Crippen LogP contribution < -0.4 is 25.4 Å². The maximum Gasteiger partial charge on any atom is 0.407 e. The average Bonchev–Trinajstić information content (AvgIpc) is 4.09. The molecule has 0 spiro atoms. The molecular formula is C39H48N6O9S. The molecule has 2 aromatic rings. The summed E-state index contributed by atoms with van der Waals surface area (Å²) in [6, 6.07) is 9.42. The van der Waals surface area contributed by atoms with Gasteiger partial charge < -0.3 is 30.3 Å². The maximum absolute atomic E-state index is 14.5. The minimum Gasteiger partial charge on any atom is -0.493 e. The first-order chi connectivity index (χ1) is 26.2. The van der Waals surface area contributed by atoms with Crippen LogP contribution in [0.25, 0.3) is 11.3 Å². The number of amides is 5. The summed E-state index contributed by atoms with van der Waals surface area (Å²) in [6.07, 6.45) is 7.09. The number of nitrogens with zero attached hydrogens (tertiary/aromatic N) is 2. The Kier molecular flexibility index (Phi) is 10.6. The van der Waals surface area contributed by atoms with Gasteiger partial charge in [0.1, 0.15) is 35.7 Å². The molecule has 5 amide bonds. The fourth-order valence-corrected chi connectivity index (χ4v) is 8.76. The number of nitrogens with one attached hydrogen (secondary N) is 4. The van der Waals surface area contributed by atoms with Crippen LogP contribution in [0.1, 0.15) is 82.1 Å². The van der Waals surface area contributed by atoms with Crippen molar-refractivity contribution in [2.75, 3.05) is 19.8 Å². The molecule has 1 saturated heterocycles. The zero-order valence-electron chi connectivity index (χ0n) is 31.0. The molecule has 294 valence electrons. The van der Waals surface area contributed by atoms with E-state index in [4.69, 9.17) is 9.47 Å². The quantitative estimate of drug-likeness (QED) is 0.336. The Morgan fingerprint density at radius 2 is 1.71 bits per heavy atom. The molecule has 3 aliphatic heterocycles. The number of aromatic nitrogens is 1. The van der Waals surface area contributed by atoms with E-state index >= 15 is 0 Å². The summed E-state index contributed by atoms with van der Waals surface area (Å²) in [7, 11) is -3.91. The molecule has 5 aliphatic rings. The third kappa shape index (κ3) is 8.79. The number of alkyl carbamates (subject to hydrolysis) is 1. The van der Waals surface area contributed by atoms with Gasteiger partial charge in [0.05, 0.1) is 17.6 Å². The number of cyclic esters (lactones) is 1. The highest BCUT2D eigenvalue weighted by Gasteiger charge is 2.62. The Bertz CT molecular complexity index is 2000. The first kappa shape index (κ1) is 38.3. The molecule has 1 aromatic carbocycles. The predicted octanol–water partition coefficient (Wildman–Crippen LogP) is 2.96. The lowest BCUT2D eigenvalue weighted by atomic mass is 9.96. The van der Waals surface area contributed by atoms with Crippen LogP contribution in [0.2, 0.25) is 0 Å². The standard InChI is InChI=1S/C39H48N6O9S/c1-38(2)22-53-27-12-8-10-24(18-27)29-14-9-15-30(41-29)33(46)40-26-19-32-34(47)43-39(36(49)44-55(51,52)28-16-17-28)20-25(39)11-6-4-3-5-7-13-31(35(48)45(32)21-26)42-37(50)54-23-38/h6,8-12,14-15,18,25-26,28,31-32H,3-5,7,13,16-17,19-23H2,1-2H3,(H,40,46)(H,42,50)(H,43,47)(H,44,49)/b11-6-/t25-,26-,31+,32+,39?/m1/s1. The van der Waals surface area contributed by atoms with Gasteiger partial charge in [-0.15, -0.1) is 0 Å². The minimum atomic E-state index is -3.91. The molecule has 15 nitrogen and oxygen atoms in total. The summed E-state index contributed by atoms with van der Waals surface area (Å²) in [6.45, 7) is 3.89. The molecular weight excluding hydrogens is 729 g/mol. The smallest absolute Gasteiger partial charge is 0.407 e. The number of carbonyl (C=O) groups is 5. The summed E-state index contributed by atoms with van der Waals surface area (Å²) in [4.78, 5) is 75.4. The fraction of sp³-hybridized carbons (Fsp3) is 0.538. The molecule has 2 saturated carbocycles. The zero-order chi connectivity index (χ0) is 39.0. The molecule has 1 unspecified atom stereocenters. The molecule has 16 heteroatoms. The summed E-state index contributed by atoms with van der Waals surface area (Å²) < 4.78 is 39.5. The van der Waals surface area contributed by atoms with Crippen LogP contribution in [0.3, 0.4) is 0 Å². The Balaban J connectivity index is 1.21. The van der Waals surface area contributed by atoms with Crippen molar-refractivity contribution < 1.29 is 41.9 Å². The van der Waals surface area contributed by atoms with Gasteiger partial charge in [0.25, 0.3) is 11.8 Å². The Hall–Kier alpha value is -4.99. The van der Waals surface area contributed by atoms with E-state index in [1.807, 2.05) is 44.2 Å². The summed E-state index contributed by atoms with van der Waals surface area (Å²) in [5.74, 6) is -2.43. The number of hydrogen-bond donors (Lipinski definition) is 4. The Labute approximate surface area is 320 Å². The van der Waals surface area contributed by atoms with E-state index in [0.29, 0.717) is 42.7 Å². The van der Waals surface area contributed by atoms with Gasteiger partial charge in [-0.1, -0.05) is 57.0 Å². The van der Waals surface area contributed by atoms with Gasteiger partial charge >= 0.3 is 6.09 Å². The van der Waals surface area contributed by atoms with E-state index in [1.165, 1.54) is 4.90 Å². The maximum atomic E-state index is 14.5. The Morgan fingerprint density at radius 3 is 2.51 bits per heavy atom. The monoisotopic (exact) mass is 776 g/mol. The normalized spacial score (nSPS) is 29.4. The van der Waals surface area contributed by atoms with Gasteiger partial charge in [-0.25, -0.2) is 18.2 Å². The first-order valence-electron chi connectivity index (χ1n) is 19.0. The second kappa shape index (κ2) is 15.3. The highest BCUT2D eigenvalue weighted by atomic mass is 32.2. The predicted molar refractivity (Wildman–Crippen MR) is 200 cm³/mol. The number of ether oxygens (including phenoxy) is 2. The number of benzene rings is 1. The van der Waals surface area contributed by atoms with Crippen LogP contribution in [0.4, 0.5) is 4.79 Å². The topological polar surface area (TPSA) is 202 Å². The van der Waals surface area contributed by atoms with Crippen LogP contribution in [0, 0.1) is 11.3 Å². The van der Waals surface area contributed by atoms with E-state index in [1.54, 1.807) is 24.3 Å².